The maximum Gasteiger partial charge on any atom is 0.145 e. The molecule has 20 heavy (non-hydrogen) atoms. The fourth-order valence-corrected chi connectivity index (χ4v) is 2.19. The number of rotatable bonds is 2. The van der Waals surface area contributed by atoms with E-state index in [0.717, 1.165) is 5.39 Å². The first-order valence-electron chi connectivity index (χ1n) is 6.00. The number of halogens is 1. The monoisotopic (exact) mass is 280 g/mol. The van der Waals surface area contributed by atoms with Crippen LogP contribution in [0.1, 0.15) is 5.56 Å². The van der Waals surface area contributed by atoms with Gasteiger partial charge in [-0.2, -0.15) is 5.26 Å². The zero-order valence-corrected chi connectivity index (χ0v) is 11.1. The lowest BCUT2D eigenvalue weighted by atomic mass is 10.2. The van der Waals surface area contributed by atoms with Gasteiger partial charge in [0.25, 0.3) is 0 Å². The van der Waals surface area contributed by atoms with Crippen LogP contribution in [-0.2, 0) is 0 Å². The van der Waals surface area contributed by atoms with E-state index < -0.39 is 0 Å². The highest BCUT2D eigenvalue weighted by molar-refractivity contribution is 6.35. The topological polar surface area (TPSA) is 45.9 Å². The standard InChI is InChI=1S/C16H9ClN2O/c17-13-6-3-5-12-15(8-9-19-16(12)13)20-14-7-2-1-4-11(14)10-18/h1-9H. The Kier molecular flexibility index (Phi) is 3.24. The summed E-state index contributed by atoms with van der Waals surface area (Å²) in [5.41, 5.74) is 1.17. The maximum absolute atomic E-state index is 9.09. The molecule has 0 fully saturated rings. The molecular weight excluding hydrogens is 272 g/mol. The largest absolute Gasteiger partial charge is 0.455 e. The van der Waals surface area contributed by atoms with E-state index in [0.29, 0.717) is 27.6 Å². The number of hydrogen-bond acceptors (Lipinski definition) is 3. The van der Waals surface area contributed by atoms with Gasteiger partial charge in [-0.05, 0) is 30.3 Å². The average molecular weight is 281 g/mol. The second-order valence-corrected chi connectivity index (χ2v) is 4.56. The number of hydrogen-bond donors (Lipinski definition) is 0. The highest BCUT2D eigenvalue weighted by atomic mass is 35.5. The zero-order chi connectivity index (χ0) is 13.9. The number of ether oxygens (including phenoxy) is 1. The molecule has 0 unspecified atom stereocenters. The van der Waals surface area contributed by atoms with Crippen LogP contribution in [0.3, 0.4) is 0 Å². The summed E-state index contributed by atoms with van der Waals surface area (Å²) in [7, 11) is 0. The third kappa shape index (κ3) is 2.18. The van der Waals surface area contributed by atoms with Crippen molar-refractivity contribution in [2.75, 3.05) is 0 Å². The molecule has 0 amide bonds. The number of benzene rings is 2. The van der Waals surface area contributed by atoms with Crippen LogP contribution in [0.2, 0.25) is 5.02 Å². The van der Waals surface area contributed by atoms with Crippen molar-refractivity contribution in [3.63, 3.8) is 0 Å². The number of fused-ring (bicyclic) bond motifs is 1. The molecule has 0 aliphatic carbocycles. The van der Waals surface area contributed by atoms with Crippen molar-refractivity contribution in [3.8, 4) is 17.6 Å². The molecule has 1 aromatic heterocycles. The van der Waals surface area contributed by atoms with Crippen LogP contribution in [0, 0.1) is 11.3 Å². The van der Waals surface area contributed by atoms with Crippen LogP contribution in [-0.4, -0.2) is 4.98 Å². The number of nitriles is 1. The van der Waals surface area contributed by atoms with Gasteiger partial charge in [-0.15, -0.1) is 0 Å². The van der Waals surface area contributed by atoms with Crippen LogP contribution in [0.5, 0.6) is 11.5 Å². The SMILES string of the molecule is N#Cc1ccccc1Oc1ccnc2c(Cl)cccc12. The summed E-state index contributed by atoms with van der Waals surface area (Å²) in [4.78, 5) is 4.25. The third-order valence-corrected chi connectivity index (χ3v) is 3.21. The molecule has 0 aliphatic rings. The first kappa shape index (κ1) is 12.5. The Labute approximate surface area is 121 Å². The molecule has 1 heterocycles. The van der Waals surface area contributed by atoms with E-state index in [-0.39, 0.29) is 0 Å². The third-order valence-electron chi connectivity index (χ3n) is 2.91. The normalized spacial score (nSPS) is 10.2. The summed E-state index contributed by atoms with van der Waals surface area (Å²) < 4.78 is 5.85. The van der Waals surface area contributed by atoms with Crippen molar-refractivity contribution in [2.45, 2.75) is 0 Å². The molecule has 0 saturated carbocycles. The summed E-state index contributed by atoms with van der Waals surface area (Å²) >= 11 is 6.12. The number of para-hydroxylation sites is 2. The van der Waals surface area contributed by atoms with Crippen LogP contribution in [0.15, 0.2) is 54.7 Å². The summed E-state index contributed by atoms with van der Waals surface area (Å²) in [6, 6.07) is 16.5. The lowest BCUT2D eigenvalue weighted by Crippen LogP contribution is -1.90. The maximum atomic E-state index is 9.09. The van der Waals surface area contributed by atoms with Gasteiger partial charge in [0.05, 0.1) is 16.1 Å². The summed E-state index contributed by atoms with van der Waals surface area (Å²) in [5, 5.41) is 10.5. The number of nitrogens with zero attached hydrogens (tertiary/aromatic N) is 2. The minimum absolute atomic E-state index is 0.486. The molecule has 2 aromatic carbocycles. The van der Waals surface area contributed by atoms with E-state index in [1.54, 1.807) is 36.5 Å². The quantitative estimate of drug-likeness (QED) is 0.691. The van der Waals surface area contributed by atoms with E-state index in [1.165, 1.54) is 0 Å². The zero-order valence-electron chi connectivity index (χ0n) is 10.4. The molecule has 0 saturated heterocycles. The van der Waals surface area contributed by atoms with Gasteiger partial charge in [-0.3, -0.25) is 4.98 Å². The van der Waals surface area contributed by atoms with Crippen molar-refractivity contribution in [1.82, 2.24) is 4.98 Å². The van der Waals surface area contributed by atoms with E-state index in [2.05, 4.69) is 11.1 Å². The Morgan fingerprint density at radius 1 is 1.00 bits per heavy atom. The first-order chi connectivity index (χ1) is 9.79. The first-order valence-corrected chi connectivity index (χ1v) is 6.37. The molecule has 0 atom stereocenters. The minimum atomic E-state index is 0.486. The molecule has 3 aromatic rings. The van der Waals surface area contributed by atoms with Gasteiger partial charge >= 0.3 is 0 Å². The molecule has 0 N–H and O–H groups in total. The van der Waals surface area contributed by atoms with Gasteiger partial charge in [0.2, 0.25) is 0 Å². The van der Waals surface area contributed by atoms with E-state index in [4.69, 9.17) is 21.6 Å². The second-order valence-electron chi connectivity index (χ2n) is 4.16. The van der Waals surface area contributed by atoms with Gasteiger partial charge in [0, 0.05) is 11.6 Å². The molecule has 96 valence electrons. The summed E-state index contributed by atoms with van der Waals surface area (Å²) in [6.45, 7) is 0. The van der Waals surface area contributed by atoms with Gasteiger partial charge in [0.1, 0.15) is 17.6 Å². The summed E-state index contributed by atoms with van der Waals surface area (Å²) in [5.74, 6) is 1.14. The lowest BCUT2D eigenvalue weighted by Gasteiger charge is -2.10. The van der Waals surface area contributed by atoms with Crippen molar-refractivity contribution in [2.24, 2.45) is 0 Å². The molecule has 3 nitrogen and oxygen atoms in total. The van der Waals surface area contributed by atoms with Crippen LogP contribution in [0.25, 0.3) is 10.9 Å². The number of aromatic nitrogens is 1. The summed E-state index contributed by atoms with van der Waals surface area (Å²) in [6.07, 6.45) is 1.64. The number of pyridine rings is 1. The van der Waals surface area contributed by atoms with E-state index >= 15 is 0 Å². The van der Waals surface area contributed by atoms with Gasteiger partial charge in [-0.1, -0.05) is 29.8 Å². The molecular formula is C16H9ClN2O. The van der Waals surface area contributed by atoms with Crippen LogP contribution < -0.4 is 4.74 Å². The molecule has 0 aliphatic heterocycles. The Balaban J connectivity index is 2.12. The Bertz CT molecular complexity index is 824. The smallest absolute Gasteiger partial charge is 0.145 e. The van der Waals surface area contributed by atoms with Gasteiger partial charge in [-0.25, -0.2) is 0 Å². The van der Waals surface area contributed by atoms with E-state index in [1.807, 2.05) is 18.2 Å². The Morgan fingerprint density at radius 3 is 2.70 bits per heavy atom. The predicted octanol–water partition coefficient (Wildman–Crippen LogP) is 4.55. The van der Waals surface area contributed by atoms with Crippen LogP contribution >= 0.6 is 11.6 Å². The Hall–Kier alpha value is -2.57. The minimum Gasteiger partial charge on any atom is -0.455 e. The van der Waals surface area contributed by atoms with Crippen molar-refractivity contribution in [3.05, 3.63) is 65.3 Å². The fraction of sp³-hybridized carbons (Fsp3) is 0. The van der Waals surface area contributed by atoms with Crippen molar-refractivity contribution in [1.29, 1.82) is 5.26 Å². The molecule has 0 bridgehead atoms. The molecule has 3 rings (SSSR count). The lowest BCUT2D eigenvalue weighted by molar-refractivity contribution is 0.486. The molecule has 0 spiro atoms. The van der Waals surface area contributed by atoms with Crippen LogP contribution in [0.4, 0.5) is 0 Å². The second kappa shape index (κ2) is 5.20. The Morgan fingerprint density at radius 2 is 1.85 bits per heavy atom. The van der Waals surface area contributed by atoms with Crippen molar-refractivity contribution < 1.29 is 4.74 Å². The van der Waals surface area contributed by atoms with Crippen molar-refractivity contribution >= 4 is 22.5 Å². The van der Waals surface area contributed by atoms with E-state index in [9.17, 15) is 0 Å². The molecule has 0 radical (unpaired) electrons. The highest BCUT2D eigenvalue weighted by Crippen LogP contribution is 2.32. The highest BCUT2D eigenvalue weighted by Gasteiger charge is 2.09. The fourth-order valence-electron chi connectivity index (χ4n) is 1.97. The molecule has 4 heteroatoms. The van der Waals surface area contributed by atoms with Gasteiger partial charge in [0.15, 0.2) is 0 Å². The average Bonchev–Trinajstić information content (AvgIpc) is 2.49. The predicted molar refractivity (Wildman–Crippen MR) is 78.0 cm³/mol. The van der Waals surface area contributed by atoms with Gasteiger partial charge < -0.3 is 4.74 Å².